The molecule has 2 aromatic carbocycles. The topological polar surface area (TPSA) is 32.3 Å². The maximum Gasteiger partial charge on any atom is 0.159 e. The van der Waals surface area contributed by atoms with Gasteiger partial charge in [0.05, 0.1) is 16.3 Å². The summed E-state index contributed by atoms with van der Waals surface area (Å²) >= 11 is 2.84. The number of hydrogen-bond donors (Lipinski definition) is 2. The lowest BCUT2D eigenvalue weighted by atomic mass is 10.1. The molecule has 2 rings (SSSR count). The van der Waals surface area contributed by atoms with E-state index >= 15 is 0 Å². The van der Waals surface area contributed by atoms with Gasteiger partial charge >= 0.3 is 0 Å². The number of anilines is 1. The molecule has 0 heterocycles. The summed E-state index contributed by atoms with van der Waals surface area (Å²) in [5.41, 5.74) is -0.0169. The van der Waals surface area contributed by atoms with Crippen LogP contribution in [0.3, 0.4) is 0 Å². The molecule has 2 N–H and O–H groups in total. The van der Waals surface area contributed by atoms with Crippen LogP contribution in [0.5, 0.6) is 0 Å². The van der Waals surface area contributed by atoms with Gasteiger partial charge in [0, 0.05) is 12.6 Å². The van der Waals surface area contributed by atoms with Crippen LogP contribution < -0.4 is 5.32 Å². The van der Waals surface area contributed by atoms with Crippen LogP contribution in [-0.2, 0) is 0 Å². The Hall–Kier alpha value is -1.60. The average molecular weight is 364 g/mol. The van der Waals surface area contributed by atoms with Gasteiger partial charge in [0.2, 0.25) is 0 Å². The SMILES string of the molecule is OC(CNc1cc(F)c(Br)cc1F)c1ccc(F)c(F)c1. The molecule has 0 aliphatic carbocycles. The number of halogens is 5. The molecule has 0 saturated carbocycles. The van der Waals surface area contributed by atoms with Crippen molar-refractivity contribution in [3.8, 4) is 0 Å². The van der Waals surface area contributed by atoms with Crippen LogP contribution in [0.4, 0.5) is 23.2 Å². The number of rotatable bonds is 4. The van der Waals surface area contributed by atoms with E-state index in [0.717, 1.165) is 24.3 Å². The van der Waals surface area contributed by atoms with Gasteiger partial charge < -0.3 is 10.4 Å². The minimum absolute atomic E-state index is 0.0216. The van der Waals surface area contributed by atoms with Crippen LogP contribution in [0.2, 0.25) is 0 Å². The van der Waals surface area contributed by atoms with Gasteiger partial charge in [0.15, 0.2) is 11.6 Å². The standard InChI is InChI=1S/C14H10BrF4NO/c15-8-4-12(19)13(5-10(8)17)20-6-14(21)7-1-2-9(16)11(18)3-7/h1-5,14,20-21H,6H2. The highest BCUT2D eigenvalue weighted by molar-refractivity contribution is 9.10. The summed E-state index contributed by atoms with van der Waals surface area (Å²) in [5, 5.41) is 12.3. The van der Waals surface area contributed by atoms with Gasteiger partial charge in [-0.2, -0.15) is 0 Å². The first-order valence-corrected chi connectivity index (χ1v) is 6.69. The quantitative estimate of drug-likeness (QED) is 0.631. The lowest BCUT2D eigenvalue weighted by Gasteiger charge is -2.14. The Morgan fingerprint density at radius 3 is 2.33 bits per heavy atom. The summed E-state index contributed by atoms with van der Waals surface area (Å²) in [5.74, 6) is -3.49. The molecular formula is C14H10BrF4NO. The molecule has 0 aliphatic rings. The van der Waals surface area contributed by atoms with E-state index in [1.54, 1.807) is 0 Å². The van der Waals surface area contributed by atoms with Crippen LogP contribution in [0.1, 0.15) is 11.7 Å². The molecular weight excluding hydrogens is 354 g/mol. The summed E-state index contributed by atoms with van der Waals surface area (Å²) in [7, 11) is 0. The summed E-state index contributed by atoms with van der Waals surface area (Å²) in [6.45, 7) is -0.191. The number of aliphatic hydroxyl groups excluding tert-OH is 1. The molecule has 2 nitrogen and oxygen atoms in total. The highest BCUT2D eigenvalue weighted by Gasteiger charge is 2.13. The first kappa shape index (κ1) is 15.8. The second-order valence-electron chi connectivity index (χ2n) is 4.32. The normalized spacial score (nSPS) is 12.3. The minimum Gasteiger partial charge on any atom is -0.387 e. The van der Waals surface area contributed by atoms with Crippen molar-refractivity contribution in [1.29, 1.82) is 0 Å². The van der Waals surface area contributed by atoms with Crippen molar-refractivity contribution in [2.75, 3.05) is 11.9 Å². The highest BCUT2D eigenvalue weighted by Crippen LogP contribution is 2.24. The van der Waals surface area contributed by atoms with Crippen molar-refractivity contribution < 1.29 is 22.7 Å². The molecule has 0 aliphatic heterocycles. The maximum absolute atomic E-state index is 13.5. The van der Waals surface area contributed by atoms with E-state index in [1.165, 1.54) is 6.07 Å². The van der Waals surface area contributed by atoms with Crippen molar-refractivity contribution >= 4 is 21.6 Å². The van der Waals surface area contributed by atoms with Crippen molar-refractivity contribution in [1.82, 2.24) is 0 Å². The van der Waals surface area contributed by atoms with Crippen LogP contribution in [0, 0.1) is 23.3 Å². The zero-order valence-corrected chi connectivity index (χ0v) is 12.1. The fraction of sp³-hybridized carbons (Fsp3) is 0.143. The molecule has 2 aromatic rings. The molecule has 0 aromatic heterocycles. The van der Waals surface area contributed by atoms with Crippen LogP contribution >= 0.6 is 15.9 Å². The van der Waals surface area contributed by atoms with E-state index in [9.17, 15) is 22.7 Å². The molecule has 0 radical (unpaired) electrons. The largest absolute Gasteiger partial charge is 0.387 e. The van der Waals surface area contributed by atoms with E-state index in [0.29, 0.717) is 0 Å². The third kappa shape index (κ3) is 3.74. The van der Waals surface area contributed by atoms with Crippen LogP contribution in [-0.4, -0.2) is 11.7 Å². The van der Waals surface area contributed by atoms with Crippen molar-refractivity contribution in [3.63, 3.8) is 0 Å². The van der Waals surface area contributed by atoms with Gasteiger partial charge in [-0.3, -0.25) is 0 Å². The first-order chi connectivity index (χ1) is 9.88. The summed E-state index contributed by atoms with van der Waals surface area (Å²) in [4.78, 5) is 0. The minimum atomic E-state index is -1.20. The lowest BCUT2D eigenvalue weighted by Crippen LogP contribution is -2.13. The van der Waals surface area contributed by atoms with E-state index < -0.39 is 29.4 Å². The fourth-order valence-corrected chi connectivity index (χ4v) is 2.02. The average Bonchev–Trinajstić information content (AvgIpc) is 2.44. The molecule has 0 fully saturated rings. The third-order valence-electron chi connectivity index (χ3n) is 2.82. The van der Waals surface area contributed by atoms with Gasteiger partial charge in [-0.1, -0.05) is 6.07 Å². The van der Waals surface area contributed by atoms with Crippen molar-refractivity contribution in [2.45, 2.75) is 6.10 Å². The van der Waals surface area contributed by atoms with E-state index in [1.807, 2.05) is 0 Å². The van der Waals surface area contributed by atoms with Gasteiger partial charge in [0.25, 0.3) is 0 Å². The maximum atomic E-state index is 13.5. The number of hydrogen-bond acceptors (Lipinski definition) is 2. The Morgan fingerprint density at radius 1 is 0.952 bits per heavy atom. The monoisotopic (exact) mass is 363 g/mol. The Labute approximate surface area is 126 Å². The van der Waals surface area contributed by atoms with Gasteiger partial charge in [-0.05, 0) is 39.7 Å². The molecule has 112 valence electrons. The molecule has 1 unspecified atom stereocenters. The lowest BCUT2D eigenvalue weighted by molar-refractivity contribution is 0.191. The zero-order chi connectivity index (χ0) is 15.6. The second kappa shape index (κ2) is 6.44. The molecule has 7 heteroatoms. The molecule has 0 saturated heterocycles. The first-order valence-electron chi connectivity index (χ1n) is 5.90. The number of aliphatic hydroxyl groups is 1. The molecule has 0 spiro atoms. The molecule has 1 atom stereocenters. The Morgan fingerprint density at radius 2 is 1.67 bits per heavy atom. The third-order valence-corrected chi connectivity index (χ3v) is 3.43. The Kier molecular flexibility index (Phi) is 4.84. The molecule has 0 bridgehead atoms. The van der Waals surface area contributed by atoms with E-state index in [-0.39, 0.29) is 22.3 Å². The van der Waals surface area contributed by atoms with Gasteiger partial charge in [0.1, 0.15) is 11.6 Å². The van der Waals surface area contributed by atoms with Crippen LogP contribution in [0.15, 0.2) is 34.8 Å². The number of benzene rings is 2. The summed E-state index contributed by atoms with van der Waals surface area (Å²) in [6, 6.07) is 4.82. The predicted molar refractivity (Wildman–Crippen MR) is 73.9 cm³/mol. The smallest absolute Gasteiger partial charge is 0.159 e. The Bertz CT molecular complexity index is 666. The van der Waals surface area contributed by atoms with E-state index in [4.69, 9.17) is 0 Å². The second-order valence-corrected chi connectivity index (χ2v) is 5.17. The fourth-order valence-electron chi connectivity index (χ4n) is 1.70. The number of nitrogens with one attached hydrogen (secondary N) is 1. The Balaban J connectivity index is 2.08. The predicted octanol–water partition coefficient (Wildman–Crippen LogP) is 4.15. The van der Waals surface area contributed by atoms with Crippen molar-refractivity contribution in [2.24, 2.45) is 0 Å². The van der Waals surface area contributed by atoms with Gasteiger partial charge in [-0.15, -0.1) is 0 Å². The molecule has 0 amide bonds. The van der Waals surface area contributed by atoms with E-state index in [2.05, 4.69) is 21.2 Å². The zero-order valence-electron chi connectivity index (χ0n) is 10.5. The highest BCUT2D eigenvalue weighted by atomic mass is 79.9. The summed E-state index contributed by atoms with van der Waals surface area (Å²) < 4.78 is 52.6. The van der Waals surface area contributed by atoms with Crippen molar-refractivity contribution in [3.05, 3.63) is 63.6 Å². The molecule has 21 heavy (non-hydrogen) atoms. The van der Waals surface area contributed by atoms with Crippen LogP contribution in [0.25, 0.3) is 0 Å². The van der Waals surface area contributed by atoms with Gasteiger partial charge in [-0.25, -0.2) is 17.6 Å². The summed E-state index contributed by atoms with van der Waals surface area (Å²) in [6.07, 6.45) is -1.20.